The molecule has 0 saturated carbocycles. The van der Waals surface area contributed by atoms with E-state index in [1.54, 1.807) is 24.3 Å². The summed E-state index contributed by atoms with van der Waals surface area (Å²) in [6.07, 6.45) is 21.7. The van der Waals surface area contributed by atoms with Crippen molar-refractivity contribution in [3.8, 4) is 5.75 Å². The molecule has 0 aliphatic carbocycles. The van der Waals surface area contributed by atoms with Gasteiger partial charge in [0, 0.05) is 0 Å². The molecule has 1 aromatic carbocycles. The van der Waals surface area contributed by atoms with Crippen LogP contribution in [0.15, 0.2) is 24.3 Å². The highest BCUT2D eigenvalue weighted by atomic mass is 35.5. The van der Waals surface area contributed by atoms with Gasteiger partial charge in [0.1, 0.15) is 11.8 Å². The predicted octanol–water partition coefficient (Wildman–Crippen LogP) is 7.49. The number of rotatable bonds is 20. The van der Waals surface area contributed by atoms with Gasteiger partial charge in [-0.15, -0.1) is 12.4 Å². The molecule has 0 radical (unpaired) electrons. The molecule has 1 aromatic rings. The van der Waals surface area contributed by atoms with Gasteiger partial charge in [0.2, 0.25) is 0 Å². The number of ether oxygens (including phenoxy) is 1. The minimum absolute atomic E-state index is 0. The number of aromatic hydroxyl groups is 1. The van der Waals surface area contributed by atoms with Crippen molar-refractivity contribution in [1.82, 2.24) is 0 Å². The largest absolute Gasteiger partial charge is 0.508 e. The molecule has 0 saturated heterocycles. The lowest BCUT2D eigenvalue weighted by Crippen LogP contribution is -2.34. The summed E-state index contributed by atoms with van der Waals surface area (Å²) >= 11 is 0. The number of hydrogen-bond acceptors (Lipinski definition) is 4. The Balaban J connectivity index is 0.00000961. The molecule has 1 rings (SSSR count). The minimum Gasteiger partial charge on any atom is -0.508 e. The Bertz CT molecular complexity index is 550. The van der Waals surface area contributed by atoms with E-state index < -0.39 is 6.04 Å². The van der Waals surface area contributed by atoms with Crippen molar-refractivity contribution < 1.29 is 14.6 Å². The first kappa shape index (κ1) is 30.7. The van der Waals surface area contributed by atoms with Gasteiger partial charge in [-0.05, 0) is 30.5 Å². The average Bonchev–Trinajstić information content (AvgIpc) is 2.77. The molecule has 0 aromatic heterocycles. The first-order valence-corrected chi connectivity index (χ1v) is 12.8. The number of carbonyl (C=O) groups is 1. The summed E-state index contributed by atoms with van der Waals surface area (Å²) in [5.41, 5.74) is 6.84. The van der Waals surface area contributed by atoms with E-state index in [1.165, 1.54) is 89.9 Å². The van der Waals surface area contributed by atoms with E-state index in [1.807, 2.05) is 0 Å². The summed E-state index contributed by atoms with van der Waals surface area (Å²) < 4.78 is 5.31. The molecule has 3 N–H and O–H groups in total. The van der Waals surface area contributed by atoms with Crippen LogP contribution >= 0.6 is 12.4 Å². The smallest absolute Gasteiger partial charge is 0.323 e. The first-order chi connectivity index (χ1) is 15.1. The topological polar surface area (TPSA) is 72.5 Å². The Morgan fingerprint density at radius 3 is 1.62 bits per heavy atom. The van der Waals surface area contributed by atoms with Crippen molar-refractivity contribution in [2.24, 2.45) is 5.73 Å². The SMILES string of the molecule is CCCCCCCCCCCCCCCCCCOC(=O)[C@@H](N)Cc1ccc(O)cc1.Cl. The third-order valence-electron chi connectivity index (χ3n) is 5.94. The van der Waals surface area contributed by atoms with E-state index in [4.69, 9.17) is 10.5 Å². The molecule has 0 amide bonds. The average molecular weight is 470 g/mol. The molecule has 32 heavy (non-hydrogen) atoms. The molecule has 0 aliphatic heterocycles. The van der Waals surface area contributed by atoms with Crippen LogP contribution in [-0.4, -0.2) is 23.7 Å². The van der Waals surface area contributed by atoms with Crippen LogP contribution in [-0.2, 0) is 16.0 Å². The maximum Gasteiger partial charge on any atom is 0.323 e. The highest BCUT2D eigenvalue weighted by Gasteiger charge is 2.15. The lowest BCUT2D eigenvalue weighted by molar-refractivity contribution is -0.145. The summed E-state index contributed by atoms with van der Waals surface area (Å²) in [6.45, 7) is 2.73. The van der Waals surface area contributed by atoms with Gasteiger partial charge in [-0.1, -0.05) is 115 Å². The standard InChI is InChI=1S/C27H47NO3.ClH/c1-2-3-4-5-6-7-8-9-10-11-12-13-14-15-16-17-22-31-27(30)26(28)23-24-18-20-25(29)21-19-24;/h18-21,26,29H,2-17,22-23,28H2,1H3;1H/t26-;/m0./s1. The number of nitrogens with two attached hydrogens (primary N) is 1. The van der Waals surface area contributed by atoms with E-state index in [2.05, 4.69) is 6.92 Å². The van der Waals surface area contributed by atoms with Gasteiger partial charge in [-0.2, -0.15) is 0 Å². The van der Waals surface area contributed by atoms with Crippen LogP contribution in [0.4, 0.5) is 0 Å². The molecular weight excluding hydrogens is 422 g/mol. The van der Waals surface area contributed by atoms with Gasteiger partial charge >= 0.3 is 5.97 Å². The molecule has 0 fully saturated rings. The van der Waals surface area contributed by atoms with Gasteiger partial charge in [-0.25, -0.2) is 0 Å². The van der Waals surface area contributed by atoms with E-state index >= 15 is 0 Å². The molecule has 4 nitrogen and oxygen atoms in total. The number of hydrogen-bond donors (Lipinski definition) is 2. The highest BCUT2D eigenvalue weighted by molar-refractivity contribution is 5.85. The number of phenols is 1. The predicted molar refractivity (Wildman–Crippen MR) is 138 cm³/mol. The Kier molecular flexibility index (Phi) is 20.7. The minimum atomic E-state index is -0.648. The Morgan fingerprint density at radius 1 is 0.781 bits per heavy atom. The van der Waals surface area contributed by atoms with Crippen molar-refractivity contribution in [3.05, 3.63) is 29.8 Å². The summed E-state index contributed by atoms with van der Waals surface area (Å²) in [5.74, 6) is -0.127. The Labute approximate surface area is 203 Å². The molecular formula is C27H48ClNO3. The summed E-state index contributed by atoms with van der Waals surface area (Å²) in [5, 5.41) is 9.29. The Morgan fingerprint density at radius 2 is 1.19 bits per heavy atom. The second-order valence-corrected chi connectivity index (χ2v) is 8.95. The molecule has 0 spiro atoms. The van der Waals surface area contributed by atoms with Crippen molar-refractivity contribution in [2.45, 2.75) is 122 Å². The van der Waals surface area contributed by atoms with E-state index in [-0.39, 0.29) is 24.1 Å². The fourth-order valence-corrected chi connectivity index (χ4v) is 3.90. The van der Waals surface area contributed by atoms with Crippen molar-refractivity contribution in [3.63, 3.8) is 0 Å². The second-order valence-electron chi connectivity index (χ2n) is 8.95. The number of halogens is 1. The number of carbonyl (C=O) groups excluding carboxylic acids is 1. The molecule has 1 atom stereocenters. The monoisotopic (exact) mass is 469 g/mol. The number of phenolic OH excluding ortho intramolecular Hbond substituents is 1. The van der Waals surface area contributed by atoms with E-state index in [0.717, 1.165) is 18.4 Å². The van der Waals surface area contributed by atoms with Crippen LogP contribution in [0.1, 0.15) is 115 Å². The quantitative estimate of drug-likeness (QED) is 0.153. The molecule has 186 valence electrons. The van der Waals surface area contributed by atoms with Gasteiger partial charge in [0.05, 0.1) is 6.61 Å². The zero-order valence-corrected chi connectivity index (χ0v) is 21.2. The van der Waals surface area contributed by atoms with Crippen LogP contribution in [0.25, 0.3) is 0 Å². The lowest BCUT2D eigenvalue weighted by atomic mass is 10.0. The third-order valence-corrected chi connectivity index (χ3v) is 5.94. The number of benzene rings is 1. The molecule has 0 heterocycles. The molecule has 5 heteroatoms. The molecule has 0 aliphatic rings. The fraction of sp³-hybridized carbons (Fsp3) is 0.741. The lowest BCUT2D eigenvalue weighted by Gasteiger charge is -2.11. The van der Waals surface area contributed by atoms with Crippen molar-refractivity contribution >= 4 is 18.4 Å². The first-order valence-electron chi connectivity index (χ1n) is 12.8. The third kappa shape index (κ3) is 17.3. The van der Waals surface area contributed by atoms with Gasteiger partial charge in [0.15, 0.2) is 0 Å². The summed E-state index contributed by atoms with van der Waals surface area (Å²) in [7, 11) is 0. The maximum atomic E-state index is 12.0. The highest BCUT2D eigenvalue weighted by Crippen LogP contribution is 2.14. The van der Waals surface area contributed by atoms with Crippen LogP contribution in [0, 0.1) is 0 Å². The van der Waals surface area contributed by atoms with Crippen LogP contribution in [0.3, 0.4) is 0 Å². The summed E-state index contributed by atoms with van der Waals surface area (Å²) in [6, 6.07) is 6.11. The van der Waals surface area contributed by atoms with E-state index in [0.29, 0.717) is 13.0 Å². The second kappa shape index (κ2) is 21.6. The van der Waals surface area contributed by atoms with Crippen LogP contribution in [0.2, 0.25) is 0 Å². The number of esters is 1. The molecule has 0 unspecified atom stereocenters. The molecule has 0 bridgehead atoms. The van der Waals surface area contributed by atoms with Crippen molar-refractivity contribution in [2.75, 3.05) is 6.61 Å². The van der Waals surface area contributed by atoms with Gasteiger partial charge in [0.25, 0.3) is 0 Å². The Hall–Kier alpha value is -1.26. The van der Waals surface area contributed by atoms with E-state index in [9.17, 15) is 9.90 Å². The normalized spacial score (nSPS) is 11.7. The van der Waals surface area contributed by atoms with Crippen LogP contribution < -0.4 is 5.73 Å². The zero-order chi connectivity index (χ0) is 22.6. The summed E-state index contributed by atoms with van der Waals surface area (Å²) in [4.78, 5) is 12.0. The number of unbranched alkanes of at least 4 members (excludes halogenated alkanes) is 15. The maximum absolute atomic E-state index is 12.0. The van der Waals surface area contributed by atoms with Crippen LogP contribution in [0.5, 0.6) is 5.75 Å². The fourth-order valence-electron chi connectivity index (χ4n) is 3.90. The van der Waals surface area contributed by atoms with Gasteiger partial charge in [-0.3, -0.25) is 4.79 Å². The van der Waals surface area contributed by atoms with Gasteiger partial charge < -0.3 is 15.6 Å². The van der Waals surface area contributed by atoms with Crippen molar-refractivity contribution in [1.29, 1.82) is 0 Å². The zero-order valence-electron chi connectivity index (χ0n) is 20.4.